The van der Waals surface area contributed by atoms with Crippen LogP contribution in [-0.4, -0.2) is 41.5 Å². The van der Waals surface area contributed by atoms with Gasteiger partial charge in [0, 0.05) is 24.6 Å². The minimum atomic E-state index is -0.174. The first-order valence-electron chi connectivity index (χ1n) is 7.80. The molecular weight excluding hydrogens is 316 g/mol. The minimum absolute atomic E-state index is 0.0176. The number of amides is 2. The molecule has 0 saturated carbocycles. The second-order valence-electron chi connectivity index (χ2n) is 5.76. The van der Waals surface area contributed by atoms with E-state index < -0.39 is 0 Å². The molecule has 1 aromatic heterocycles. The van der Waals surface area contributed by atoms with Gasteiger partial charge in [-0.15, -0.1) is 0 Å². The number of H-pyrrole nitrogens is 1. The lowest BCUT2D eigenvalue weighted by Gasteiger charge is -2.19. The highest BCUT2D eigenvalue weighted by molar-refractivity contribution is 6.35. The van der Waals surface area contributed by atoms with Crippen LogP contribution in [-0.2, 0) is 20.7 Å². The summed E-state index contributed by atoms with van der Waals surface area (Å²) in [7, 11) is 0. The lowest BCUT2D eigenvalue weighted by atomic mass is 10.1. The number of benzene rings is 1. The van der Waals surface area contributed by atoms with Crippen LogP contribution in [0.4, 0.5) is 0 Å². The predicted molar refractivity (Wildman–Crippen MR) is 88.4 cm³/mol. The Morgan fingerprint density at radius 2 is 2.35 bits per heavy atom. The minimum Gasteiger partial charge on any atom is -0.376 e. The summed E-state index contributed by atoms with van der Waals surface area (Å²) in [6, 6.07) is 5.69. The van der Waals surface area contributed by atoms with Crippen LogP contribution in [0.15, 0.2) is 24.4 Å². The zero-order valence-electron chi connectivity index (χ0n) is 12.8. The predicted octanol–water partition coefficient (Wildman–Crippen LogP) is 2.92. The second kappa shape index (κ2) is 7.15. The topological polar surface area (TPSA) is 62.4 Å². The first-order chi connectivity index (χ1) is 11.2. The van der Waals surface area contributed by atoms with Gasteiger partial charge >= 0.3 is 0 Å². The zero-order chi connectivity index (χ0) is 16.2. The molecule has 5 nitrogen and oxygen atoms in total. The summed E-state index contributed by atoms with van der Waals surface area (Å²) in [6.45, 7) is 1.06. The van der Waals surface area contributed by atoms with Gasteiger partial charge in [0.25, 0.3) is 0 Å². The van der Waals surface area contributed by atoms with E-state index in [-0.39, 0.29) is 18.4 Å². The average molecular weight is 335 g/mol. The number of halogens is 1. The molecule has 2 aromatic rings. The molecule has 0 spiro atoms. The molecule has 6 heteroatoms. The SMILES string of the molecule is O=CN(CC1CCCO1)C(=O)CCc1c[nH]c2c(Cl)cccc12. The fourth-order valence-corrected chi connectivity index (χ4v) is 3.21. The number of hydrogen-bond acceptors (Lipinski definition) is 3. The fraction of sp³-hybridized carbons (Fsp3) is 0.412. The van der Waals surface area contributed by atoms with Crippen LogP contribution >= 0.6 is 11.6 Å². The molecule has 23 heavy (non-hydrogen) atoms. The van der Waals surface area contributed by atoms with Gasteiger partial charge in [-0.1, -0.05) is 23.7 Å². The van der Waals surface area contributed by atoms with Crippen molar-refractivity contribution >= 4 is 34.8 Å². The van der Waals surface area contributed by atoms with E-state index in [1.54, 1.807) is 0 Å². The first-order valence-corrected chi connectivity index (χ1v) is 8.17. The van der Waals surface area contributed by atoms with E-state index in [0.29, 0.717) is 31.0 Å². The molecule has 1 unspecified atom stereocenters. The molecule has 1 aliphatic heterocycles. The molecule has 1 N–H and O–H groups in total. The van der Waals surface area contributed by atoms with E-state index in [1.807, 2.05) is 24.4 Å². The Morgan fingerprint density at radius 1 is 1.48 bits per heavy atom. The summed E-state index contributed by atoms with van der Waals surface area (Å²) < 4.78 is 5.48. The first kappa shape index (κ1) is 16.0. The number of imide groups is 1. The van der Waals surface area contributed by atoms with Gasteiger partial charge in [0.05, 0.1) is 23.2 Å². The largest absolute Gasteiger partial charge is 0.376 e. The summed E-state index contributed by atoms with van der Waals surface area (Å²) in [5.41, 5.74) is 1.90. The van der Waals surface area contributed by atoms with Crippen LogP contribution < -0.4 is 0 Å². The summed E-state index contributed by atoms with van der Waals surface area (Å²) in [4.78, 5) is 27.8. The van der Waals surface area contributed by atoms with Crippen LogP contribution in [0.1, 0.15) is 24.8 Å². The number of hydrogen-bond donors (Lipinski definition) is 1. The van der Waals surface area contributed by atoms with Gasteiger partial charge < -0.3 is 9.72 Å². The molecule has 3 rings (SSSR count). The van der Waals surface area contributed by atoms with Crippen LogP contribution in [0.3, 0.4) is 0 Å². The molecule has 122 valence electrons. The Morgan fingerprint density at radius 3 is 3.09 bits per heavy atom. The molecule has 2 heterocycles. The summed E-state index contributed by atoms with van der Waals surface area (Å²) >= 11 is 6.13. The molecule has 1 fully saturated rings. The number of nitrogens with one attached hydrogen (secondary N) is 1. The van der Waals surface area contributed by atoms with Crippen LogP contribution in [0.2, 0.25) is 5.02 Å². The molecule has 0 radical (unpaired) electrons. The van der Waals surface area contributed by atoms with Gasteiger partial charge in [0.1, 0.15) is 0 Å². The molecule has 0 aliphatic carbocycles. The quantitative estimate of drug-likeness (QED) is 0.826. The third-order valence-electron chi connectivity index (χ3n) is 4.23. The maximum atomic E-state index is 12.3. The number of fused-ring (bicyclic) bond motifs is 1. The maximum Gasteiger partial charge on any atom is 0.229 e. The number of carbonyl (C=O) groups is 2. The molecule has 1 aromatic carbocycles. The Labute approximate surface area is 139 Å². The third-order valence-corrected chi connectivity index (χ3v) is 4.55. The van der Waals surface area contributed by atoms with Crippen molar-refractivity contribution in [3.05, 3.63) is 35.0 Å². The number of aryl methyl sites for hydroxylation is 1. The summed E-state index contributed by atoms with van der Waals surface area (Å²) in [6.07, 6.45) is 5.20. The van der Waals surface area contributed by atoms with Gasteiger partial charge in [-0.25, -0.2) is 0 Å². The van der Waals surface area contributed by atoms with Crippen molar-refractivity contribution in [3.63, 3.8) is 0 Å². The van der Waals surface area contributed by atoms with Crippen molar-refractivity contribution in [1.29, 1.82) is 0 Å². The highest BCUT2D eigenvalue weighted by Gasteiger charge is 2.22. The van der Waals surface area contributed by atoms with E-state index in [9.17, 15) is 9.59 Å². The number of aromatic nitrogens is 1. The normalized spacial score (nSPS) is 17.5. The van der Waals surface area contributed by atoms with Crippen molar-refractivity contribution < 1.29 is 14.3 Å². The third kappa shape index (κ3) is 3.57. The molecule has 1 saturated heterocycles. The average Bonchev–Trinajstić information content (AvgIpc) is 3.20. The summed E-state index contributed by atoms with van der Waals surface area (Å²) in [5.74, 6) is -0.174. The van der Waals surface area contributed by atoms with Gasteiger partial charge in [0.15, 0.2) is 0 Å². The highest BCUT2D eigenvalue weighted by Crippen LogP contribution is 2.26. The number of nitrogens with zero attached hydrogens (tertiary/aromatic N) is 1. The Hall–Kier alpha value is -1.85. The number of ether oxygens (including phenoxy) is 1. The Balaban J connectivity index is 1.62. The smallest absolute Gasteiger partial charge is 0.229 e. The second-order valence-corrected chi connectivity index (χ2v) is 6.17. The lowest BCUT2D eigenvalue weighted by Crippen LogP contribution is -2.36. The standard InChI is InChI=1S/C17H19ClN2O3/c18-15-5-1-4-14-12(9-19-17(14)15)6-7-16(22)20(11-21)10-13-3-2-8-23-13/h1,4-5,9,11,13,19H,2-3,6-8,10H2. The molecular formula is C17H19ClN2O3. The van der Waals surface area contributed by atoms with Crippen LogP contribution in [0.25, 0.3) is 10.9 Å². The van der Waals surface area contributed by atoms with Gasteiger partial charge in [-0.3, -0.25) is 14.5 Å². The molecule has 0 bridgehead atoms. The highest BCUT2D eigenvalue weighted by atomic mass is 35.5. The summed E-state index contributed by atoms with van der Waals surface area (Å²) in [5, 5.41) is 1.68. The van der Waals surface area contributed by atoms with Crippen LogP contribution in [0.5, 0.6) is 0 Å². The van der Waals surface area contributed by atoms with Crippen molar-refractivity contribution in [2.24, 2.45) is 0 Å². The van der Waals surface area contributed by atoms with Gasteiger partial charge in [-0.05, 0) is 30.9 Å². The molecule has 1 atom stereocenters. The van der Waals surface area contributed by atoms with E-state index in [1.165, 1.54) is 4.90 Å². The van der Waals surface area contributed by atoms with E-state index >= 15 is 0 Å². The number of para-hydroxylation sites is 1. The van der Waals surface area contributed by atoms with Crippen molar-refractivity contribution in [1.82, 2.24) is 9.88 Å². The zero-order valence-corrected chi connectivity index (χ0v) is 13.5. The van der Waals surface area contributed by atoms with E-state index in [2.05, 4.69) is 4.98 Å². The van der Waals surface area contributed by atoms with E-state index in [0.717, 1.165) is 29.3 Å². The molecule has 1 aliphatic rings. The molecule has 2 amide bonds. The Kier molecular flexibility index (Phi) is 4.98. The number of carbonyl (C=O) groups excluding carboxylic acids is 2. The maximum absolute atomic E-state index is 12.3. The monoisotopic (exact) mass is 334 g/mol. The Bertz CT molecular complexity index is 707. The lowest BCUT2D eigenvalue weighted by molar-refractivity contribution is -0.139. The fourth-order valence-electron chi connectivity index (χ4n) is 2.98. The van der Waals surface area contributed by atoms with E-state index in [4.69, 9.17) is 16.3 Å². The van der Waals surface area contributed by atoms with Crippen molar-refractivity contribution in [3.8, 4) is 0 Å². The van der Waals surface area contributed by atoms with Crippen molar-refractivity contribution in [2.45, 2.75) is 31.8 Å². The van der Waals surface area contributed by atoms with Gasteiger partial charge in [-0.2, -0.15) is 0 Å². The number of aromatic amines is 1. The van der Waals surface area contributed by atoms with Crippen molar-refractivity contribution in [2.75, 3.05) is 13.2 Å². The van der Waals surface area contributed by atoms with Crippen LogP contribution in [0, 0.1) is 0 Å². The van der Waals surface area contributed by atoms with Gasteiger partial charge in [0.2, 0.25) is 12.3 Å². The number of rotatable bonds is 6.